The third kappa shape index (κ3) is 5.04. The first-order chi connectivity index (χ1) is 14.8. The second kappa shape index (κ2) is 9.72. The maximum atomic E-state index is 12.7. The number of hydrogen-bond acceptors (Lipinski definition) is 3. The number of para-hydroxylation sites is 1. The lowest BCUT2D eigenvalue weighted by Gasteiger charge is -2.17. The summed E-state index contributed by atoms with van der Waals surface area (Å²) >= 11 is 0. The molecule has 0 radical (unpaired) electrons. The van der Waals surface area contributed by atoms with Gasteiger partial charge in [-0.3, -0.25) is 10.1 Å². The minimum Gasteiger partial charge on any atom is -0.467 e. The topological polar surface area (TPSA) is 54.3 Å². The first kappa shape index (κ1) is 19.7. The standard InChI is InChI=1S/C26H24N2O2/c29-25(19-27-26(24-16-9-17-30-24)21-12-5-2-6-13-21)28-23-15-8-7-14-22(23)18-20-10-3-1-4-11-20/h1-17,26-27H,18-19H2,(H,28,29)/t26-/m0/s1. The number of anilines is 1. The second-order valence-electron chi connectivity index (χ2n) is 7.11. The number of amides is 1. The van der Waals surface area contributed by atoms with Gasteiger partial charge in [0.25, 0.3) is 0 Å². The lowest BCUT2D eigenvalue weighted by molar-refractivity contribution is -0.115. The van der Waals surface area contributed by atoms with Crippen molar-refractivity contribution in [3.05, 3.63) is 126 Å². The summed E-state index contributed by atoms with van der Waals surface area (Å²) in [5, 5.41) is 6.37. The zero-order valence-electron chi connectivity index (χ0n) is 16.6. The molecule has 0 aliphatic carbocycles. The average molecular weight is 396 g/mol. The maximum absolute atomic E-state index is 12.7. The van der Waals surface area contributed by atoms with Crippen molar-refractivity contribution in [1.29, 1.82) is 0 Å². The van der Waals surface area contributed by atoms with Crippen molar-refractivity contribution in [2.75, 3.05) is 11.9 Å². The first-order valence-electron chi connectivity index (χ1n) is 10.0. The number of benzene rings is 3. The van der Waals surface area contributed by atoms with Crippen LogP contribution in [0.3, 0.4) is 0 Å². The van der Waals surface area contributed by atoms with E-state index in [9.17, 15) is 4.79 Å². The van der Waals surface area contributed by atoms with Gasteiger partial charge in [-0.05, 0) is 41.3 Å². The SMILES string of the molecule is O=C(CN[C@@H](c1ccccc1)c1ccco1)Nc1ccccc1Cc1ccccc1. The summed E-state index contributed by atoms with van der Waals surface area (Å²) in [4.78, 5) is 12.7. The lowest BCUT2D eigenvalue weighted by Crippen LogP contribution is -2.32. The number of carbonyl (C=O) groups excluding carboxylic acids is 1. The Bertz CT molecular complexity index is 1060. The van der Waals surface area contributed by atoms with Crippen molar-refractivity contribution < 1.29 is 9.21 Å². The van der Waals surface area contributed by atoms with Crippen LogP contribution in [0, 0.1) is 0 Å². The van der Waals surface area contributed by atoms with Gasteiger partial charge in [0.15, 0.2) is 0 Å². The highest BCUT2D eigenvalue weighted by Gasteiger charge is 2.17. The Morgan fingerprint density at radius 3 is 2.23 bits per heavy atom. The predicted octanol–water partition coefficient (Wildman–Crippen LogP) is 5.19. The summed E-state index contributed by atoms with van der Waals surface area (Å²) in [5.74, 6) is 0.682. The average Bonchev–Trinajstić information content (AvgIpc) is 3.31. The molecule has 0 unspecified atom stereocenters. The van der Waals surface area contributed by atoms with Crippen LogP contribution in [0.25, 0.3) is 0 Å². The van der Waals surface area contributed by atoms with Gasteiger partial charge in [0, 0.05) is 5.69 Å². The van der Waals surface area contributed by atoms with E-state index in [4.69, 9.17) is 4.42 Å². The largest absolute Gasteiger partial charge is 0.467 e. The maximum Gasteiger partial charge on any atom is 0.238 e. The molecule has 4 rings (SSSR count). The van der Waals surface area contributed by atoms with Crippen LogP contribution in [0.5, 0.6) is 0 Å². The van der Waals surface area contributed by atoms with Crippen LogP contribution >= 0.6 is 0 Å². The quantitative estimate of drug-likeness (QED) is 0.431. The van der Waals surface area contributed by atoms with Gasteiger partial charge in [-0.1, -0.05) is 78.9 Å². The van der Waals surface area contributed by atoms with Gasteiger partial charge in [-0.15, -0.1) is 0 Å². The number of hydrogen-bond donors (Lipinski definition) is 2. The molecule has 0 fully saturated rings. The highest BCUT2D eigenvalue weighted by Crippen LogP contribution is 2.22. The van der Waals surface area contributed by atoms with Gasteiger partial charge in [0.05, 0.1) is 18.8 Å². The first-order valence-corrected chi connectivity index (χ1v) is 10.0. The summed E-state index contributed by atoms with van der Waals surface area (Å²) in [7, 11) is 0. The molecule has 3 aromatic carbocycles. The van der Waals surface area contributed by atoms with E-state index in [-0.39, 0.29) is 18.5 Å². The fourth-order valence-corrected chi connectivity index (χ4v) is 3.49. The Hall–Kier alpha value is -3.63. The van der Waals surface area contributed by atoms with E-state index in [2.05, 4.69) is 22.8 Å². The smallest absolute Gasteiger partial charge is 0.238 e. The molecular formula is C26H24N2O2. The molecule has 0 saturated carbocycles. The molecule has 1 aromatic heterocycles. The van der Waals surface area contributed by atoms with Gasteiger partial charge in [0.2, 0.25) is 5.91 Å². The molecule has 0 aliphatic rings. The molecule has 150 valence electrons. The van der Waals surface area contributed by atoms with Crippen LogP contribution in [0.4, 0.5) is 5.69 Å². The van der Waals surface area contributed by atoms with Crippen LogP contribution in [0.1, 0.15) is 28.5 Å². The van der Waals surface area contributed by atoms with Crippen molar-refractivity contribution in [3.8, 4) is 0 Å². The van der Waals surface area contributed by atoms with E-state index in [0.717, 1.165) is 29.0 Å². The molecule has 4 aromatic rings. The van der Waals surface area contributed by atoms with Crippen LogP contribution in [-0.2, 0) is 11.2 Å². The Morgan fingerprint density at radius 2 is 1.50 bits per heavy atom. The van der Waals surface area contributed by atoms with Gasteiger partial charge >= 0.3 is 0 Å². The van der Waals surface area contributed by atoms with Crippen molar-refractivity contribution >= 4 is 11.6 Å². The predicted molar refractivity (Wildman–Crippen MR) is 119 cm³/mol. The second-order valence-corrected chi connectivity index (χ2v) is 7.11. The summed E-state index contributed by atoms with van der Waals surface area (Å²) in [6.07, 6.45) is 2.41. The van der Waals surface area contributed by atoms with Gasteiger partial charge in [-0.2, -0.15) is 0 Å². The normalized spacial score (nSPS) is 11.7. The van der Waals surface area contributed by atoms with Crippen molar-refractivity contribution in [2.45, 2.75) is 12.5 Å². The fraction of sp³-hybridized carbons (Fsp3) is 0.115. The van der Waals surface area contributed by atoms with E-state index in [0.29, 0.717) is 0 Å². The van der Waals surface area contributed by atoms with E-state index >= 15 is 0 Å². The van der Waals surface area contributed by atoms with Crippen LogP contribution in [-0.4, -0.2) is 12.5 Å². The van der Waals surface area contributed by atoms with E-state index < -0.39 is 0 Å². The Kier molecular flexibility index (Phi) is 6.38. The zero-order valence-corrected chi connectivity index (χ0v) is 16.6. The minimum absolute atomic E-state index is 0.0944. The Balaban J connectivity index is 1.43. The number of carbonyl (C=O) groups is 1. The molecule has 4 nitrogen and oxygen atoms in total. The van der Waals surface area contributed by atoms with Gasteiger partial charge in [0.1, 0.15) is 5.76 Å². The van der Waals surface area contributed by atoms with Crippen LogP contribution < -0.4 is 10.6 Å². The molecule has 30 heavy (non-hydrogen) atoms. The molecular weight excluding hydrogens is 372 g/mol. The van der Waals surface area contributed by atoms with Crippen molar-refractivity contribution in [2.24, 2.45) is 0 Å². The minimum atomic E-state index is -0.188. The Morgan fingerprint density at radius 1 is 0.800 bits per heavy atom. The van der Waals surface area contributed by atoms with E-state index in [1.165, 1.54) is 5.56 Å². The zero-order chi connectivity index (χ0) is 20.6. The Labute approximate surface area is 176 Å². The van der Waals surface area contributed by atoms with Gasteiger partial charge < -0.3 is 9.73 Å². The molecule has 1 amide bonds. The summed E-state index contributed by atoms with van der Waals surface area (Å²) in [5.41, 5.74) is 4.18. The highest BCUT2D eigenvalue weighted by molar-refractivity contribution is 5.93. The number of rotatable bonds is 8. The summed E-state index contributed by atoms with van der Waals surface area (Å²) < 4.78 is 5.59. The molecule has 2 N–H and O–H groups in total. The van der Waals surface area contributed by atoms with E-state index in [1.54, 1.807) is 6.26 Å². The monoisotopic (exact) mass is 396 g/mol. The molecule has 1 atom stereocenters. The molecule has 0 spiro atoms. The molecule has 1 heterocycles. The van der Waals surface area contributed by atoms with Crippen LogP contribution in [0.2, 0.25) is 0 Å². The molecule has 0 aliphatic heterocycles. The molecule has 4 heteroatoms. The molecule has 0 bridgehead atoms. The summed E-state index contributed by atoms with van der Waals surface area (Å²) in [6.45, 7) is 0.167. The highest BCUT2D eigenvalue weighted by atomic mass is 16.3. The molecule has 0 saturated heterocycles. The van der Waals surface area contributed by atoms with E-state index in [1.807, 2.05) is 84.9 Å². The summed E-state index contributed by atoms with van der Waals surface area (Å²) in [6, 6.07) is 31.7. The third-order valence-corrected chi connectivity index (χ3v) is 4.96. The van der Waals surface area contributed by atoms with Crippen LogP contribution in [0.15, 0.2) is 108 Å². The number of nitrogens with one attached hydrogen (secondary N) is 2. The third-order valence-electron chi connectivity index (χ3n) is 4.96. The fourth-order valence-electron chi connectivity index (χ4n) is 3.49. The lowest BCUT2D eigenvalue weighted by atomic mass is 10.0. The van der Waals surface area contributed by atoms with Crippen molar-refractivity contribution in [1.82, 2.24) is 5.32 Å². The van der Waals surface area contributed by atoms with Gasteiger partial charge in [-0.25, -0.2) is 0 Å². The number of furan rings is 1. The van der Waals surface area contributed by atoms with Crippen molar-refractivity contribution in [3.63, 3.8) is 0 Å².